The second-order valence-corrected chi connectivity index (χ2v) is 4.76. The van der Waals surface area contributed by atoms with Crippen molar-refractivity contribution in [2.75, 3.05) is 26.2 Å². The van der Waals surface area contributed by atoms with Gasteiger partial charge in [-0.05, 0) is 45.2 Å². The Bertz CT molecular complexity index is 227. The van der Waals surface area contributed by atoms with Gasteiger partial charge in [-0.15, -0.1) is 12.4 Å². The normalized spacial score (nSPS) is 26.0. The maximum atomic E-state index is 11.8. The van der Waals surface area contributed by atoms with E-state index in [1.807, 2.05) is 0 Å². The van der Waals surface area contributed by atoms with E-state index in [0.29, 0.717) is 6.54 Å². The van der Waals surface area contributed by atoms with Crippen molar-refractivity contribution in [2.45, 2.75) is 38.2 Å². The maximum absolute atomic E-state index is 11.8. The minimum absolute atomic E-state index is 0. The highest BCUT2D eigenvalue weighted by molar-refractivity contribution is 5.85. The molecule has 2 heterocycles. The van der Waals surface area contributed by atoms with Gasteiger partial charge in [-0.25, -0.2) is 0 Å². The first kappa shape index (κ1) is 14.7. The van der Waals surface area contributed by atoms with Crippen molar-refractivity contribution in [3.05, 3.63) is 0 Å². The second-order valence-electron chi connectivity index (χ2n) is 4.76. The van der Waals surface area contributed by atoms with Gasteiger partial charge in [0.25, 0.3) is 0 Å². The van der Waals surface area contributed by atoms with Crippen molar-refractivity contribution in [2.24, 2.45) is 5.92 Å². The quantitative estimate of drug-likeness (QED) is 0.801. The molecular weight excluding hydrogens is 240 g/mol. The van der Waals surface area contributed by atoms with E-state index in [2.05, 4.69) is 10.6 Å². The predicted octanol–water partition coefficient (Wildman–Crippen LogP) is 1.09. The van der Waals surface area contributed by atoms with Crippen molar-refractivity contribution in [1.82, 2.24) is 10.6 Å². The molecule has 4 nitrogen and oxygen atoms in total. The van der Waals surface area contributed by atoms with Gasteiger partial charge in [0.05, 0.1) is 6.10 Å². The Labute approximate surface area is 109 Å². The smallest absolute Gasteiger partial charge is 0.223 e. The molecule has 0 aliphatic carbocycles. The number of carbonyl (C=O) groups excluding carboxylic acids is 1. The minimum Gasteiger partial charge on any atom is -0.376 e. The fourth-order valence-corrected chi connectivity index (χ4v) is 2.41. The van der Waals surface area contributed by atoms with E-state index >= 15 is 0 Å². The summed E-state index contributed by atoms with van der Waals surface area (Å²) in [5, 5.41) is 6.30. The molecule has 2 fully saturated rings. The van der Waals surface area contributed by atoms with Gasteiger partial charge < -0.3 is 15.4 Å². The third-order valence-corrected chi connectivity index (χ3v) is 3.49. The minimum atomic E-state index is 0. The summed E-state index contributed by atoms with van der Waals surface area (Å²) in [5.41, 5.74) is 0. The predicted molar refractivity (Wildman–Crippen MR) is 69.4 cm³/mol. The van der Waals surface area contributed by atoms with Gasteiger partial charge in [-0.2, -0.15) is 0 Å². The summed E-state index contributed by atoms with van der Waals surface area (Å²) < 4.78 is 5.59. The molecule has 0 spiro atoms. The molecule has 2 saturated heterocycles. The molecule has 0 aromatic rings. The molecule has 1 atom stereocenters. The Hall–Kier alpha value is -0.320. The van der Waals surface area contributed by atoms with Gasteiger partial charge in [0, 0.05) is 19.1 Å². The number of carbonyl (C=O) groups is 1. The van der Waals surface area contributed by atoms with Crippen LogP contribution in [0.1, 0.15) is 32.1 Å². The Morgan fingerprint density at radius 1 is 1.24 bits per heavy atom. The number of ether oxygens (including phenoxy) is 1. The van der Waals surface area contributed by atoms with E-state index < -0.39 is 0 Å². The molecular formula is C12H23ClN2O2. The van der Waals surface area contributed by atoms with Crippen LogP contribution < -0.4 is 10.6 Å². The van der Waals surface area contributed by atoms with Crippen LogP contribution in [-0.2, 0) is 9.53 Å². The first-order valence-corrected chi connectivity index (χ1v) is 6.46. The summed E-state index contributed by atoms with van der Waals surface area (Å²) in [7, 11) is 0. The lowest BCUT2D eigenvalue weighted by Crippen LogP contribution is -2.42. The van der Waals surface area contributed by atoms with Crippen LogP contribution >= 0.6 is 12.4 Å². The lowest BCUT2D eigenvalue weighted by atomic mass is 9.97. The maximum Gasteiger partial charge on any atom is 0.223 e. The highest BCUT2D eigenvalue weighted by Gasteiger charge is 2.22. The fraction of sp³-hybridized carbons (Fsp3) is 0.917. The average molecular weight is 263 g/mol. The summed E-state index contributed by atoms with van der Waals surface area (Å²) >= 11 is 0. The van der Waals surface area contributed by atoms with E-state index in [1.165, 1.54) is 12.8 Å². The molecule has 1 unspecified atom stereocenters. The number of rotatable bonds is 3. The van der Waals surface area contributed by atoms with E-state index in [9.17, 15) is 4.79 Å². The molecule has 17 heavy (non-hydrogen) atoms. The molecule has 0 saturated carbocycles. The molecule has 1 amide bonds. The highest BCUT2D eigenvalue weighted by Crippen LogP contribution is 2.14. The van der Waals surface area contributed by atoms with Gasteiger partial charge in [0.1, 0.15) is 0 Å². The number of hydrogen-bond donors (Lipinski definition) is 2. The Morgan fingerprint density at radius 2 is 2.00 bits per heavy atom. The molecule has 0 bridgehead atoms. The number of hydrogen-bond acceptors (Lipinski definition) is 3. The molecule has 0 aromatic heterocycles. The summed E-state index contributed by atoms with van der Waals surface area (Å²) in [6, 6.07) is 0. The van der Waals surface area contributed by atoms with Crippen molar-refractivity contribution >= 4 is 18.3 Å². The Balaban J connectivity index is 0.00000144. The van der Waals surface area contributed by atoms with Gasteiger partial charge in [0.15, 0.2) is 0 Å². The van der Waals surface area contributed by atoms with Gasteiger partial charge in [-0.1, -0.05) is 0 Å². The van der Waals surface area contributed by atoms with E-state index in [1.54, 1.807) is 0 Å². The molecule has 100 valence electrons. The lowest BCUT2D eigenvalue weighted by Gasteiger charge is -2.25. The number of nitrogens with one attached hydrogen (secondary N) is 2. The third-order valence-electron chi connectivity index (χ3n) is 3.49. The molecule has 2 aliphatic rings. The van der Waals surface area contributed by atoms with Crippen molar-refractivity contribution in [3.8, 4) is 0 Å². The molecule has 0 radical (unpaired) electrons. The van der Waals surface area contributed by atoms with Crippen LogP contribution in [0.2, 0.25) is 0 Å². The van der Waals surface area contributed by atoms with Crippen molar-refractivity contribution in [3.63, 3.8) is 0 Å². The number of halogens is 1. The van der Waals surface area contributed by atoms with Gasteiger partial charge >= 0.3 is 0 Å². The Kier molecular flexibility index (Phi) is 6.85. The topological polar surface area (TPSA) is 50.4 Å². The van der Waals surface area contributed by atoms with Crippen molar-refractivity contribution in [1.29, 1.82) is 0 Å². The van der Waals surface area contributed by atoms with Crippen LogP contribution in [-0.4, -0.2) is 38.3 Å². The molecule has 2 aliphatic heterocycles. The zero-order valence-corrected chi connectivity index (χ0v) is 11.1. The van der Waals surface area contributed by atoms with Crippen LogP contribution in [0.25, 0.3) is 0 Å². The third kappa shape index (κ3) is 4.82. The highest BCUT2D eigenvalue weighted by atomic mass is 35.5. The summed E-state index contributed by atoms with van der Waals surface area (Å²) in [5.74, 6) is 0.431. The summed E-state index contributed by atoms with van der Waals surface area (Å²) in [6.45, 7) is 3.49. The van der Waals surface area contributed by atoms with E-state index in [-0.39, 0.29) is 30.3 Å². The average Bonchev–Trinajstić information content (AvgIpc) is 2.38. The standard InChI is InChI=1S/C12H22N2O2.ClH/c15-12(10-4-6-13-7-5-10)14-9-11-3-1-2-8-16-11;/h10-11,13H,1-9H2,(H,14,15);1H. The molecule has 2 rings (SSSR count). The second kappa shape index (κ2) is 7.90. The van der Waals surface area contributed by atoms with Gasteiger partial charge in [-0.3, -0.25) is 4.79 Å². The van der Waals surface area contributed by atoms with E-state index in [0.717, 1.165) is 39.0 Å². The van der Waals surface area contributed by atoms with Crippen LogP contribution in [0.15, 0.2) is 0 Å². The van der Waals surface area contributed by atoms with Crippen LogP contribution in [0, 0.1) is 5.92 Å². The zero-order valence-electron chi connectivity index (χ0n) is 10.2. The number of amides is 1. The largest absolute Gasteiger partial charge is 0.376 e. The van der Waals surface area contributed by atoms with Crippen LogP contribution in [0.3, 0.4) is 0 Å². The Morgan fingerprint density at radius 3 is 2.65 bits per heavy atom. The summed E-state index contributed by atoms with van der Waals surface area (Å²) in [6.07, 6.45) is 5.67. The van der Waals surface area contributed by atoms with Gasteiger partial charge in [0.2, 0.25) is 5.91 Å². The summed E-state index contributed by atoms with van der Waals surface area (Å²) in [4.78, 5) is 11.8. The first-order valence-electron chi connectivity index (χ1n) is 6.46. The zero-order chi connectivity index (χ0) is 11.2. The van der Waals surface area contributed by atoms with Crippen molar-refractivity contribution < 1.29 is 9.53 Å². The first-order chi connectivity index (χ1) is 7.86. The molecule has 0 aromatic carbocycles. The lowest BCUT2D eigenvalue weighted by molar-refractivity contribution is -0.126. The number of piperidine rings is 1. The van der Waals surface area contributed by atoms with E-state index in [4.69, 9.17) is 4.74 Å². The van der Waals surface area contributed by atoms with Crippen LogP contribution in [0.4, 0.5) is 0 Å². The molecule has 2 N–H and O–H groups in total. The molecule has 5 heteroatoms. The monoisotopic (exact) mass is 262 g/mol. The SMILES string of the molecule is Cl.O=C(NCC1CCCCO1)C1CCNCC1. The fourth-order valence-electron chi connectivity index (χ4n) is 2.41. The van der Waals surface area contributed by atoms with Crippen LogP contribution in [0.5, 0.6) is 0 Å².